The van der Waals surface area contributed by atoms with Gasteiger partial charge in [-0.3, -0.25) is 4.79 Å². The normalized spacial score (nSPS) is 10.3. The third-order valence-corrected chi connectivity index (χ3v) is 3.88. The van der Waals surface area contributed by atoms with Gasteiger partial charge in [-0.25, -0.2) is 0 Å². The number of carbonyl (C=O) groups is 1. The van der Waals surface area contributed by atoms with E-state index in [0.29, 0.717) is 24.3 Å². The van der Waals surface area contributed by atoms with Gasteiger partial charge in [-0.15, -0.1) is 11.3 Å². The van der Waals surface area contributed by atoms with Gasteiger partial charge in [-0.2, -0.15) is 0 Å². The maximum atomic E-state index is 12.0. The monoisotopic (exact) mass is 289 g/mol. The minimum atomic E-state index is -0.0858. The van der Waals surface area contributed by atoms with Crippen LogP contribution in [0.25, 0.3) is 0 Å². The maximum Gasteiger partial charge on any atom is 0.253 e. The van der Waals surface area contributed by atoms with Crippen molar-refractivity contribution in [1.82, 2.24) is 5.32 Å². The molecule has 0 radical (unpaired) electrons. The van der Waals surface area contributed by atoms with Crippen LogP contribution >= 0.6 is 11.3 Å². The van der Waals surface area contributed by atoms with Crippen molar-refractivity contribution in [1.29, 1.82) is 0 Å². The summed E-state index contributed by atoms with van der Waals surface area (Å²) >= 11 is 1.74. The lowest BCUT2D eigenvalue weighted by molar-refractivity contribution is 0.0956. The Hall–Kier alpha value is -2.01. The number of thiophene rings is 1. The van der Waals surface area contributed by atoms with E-state index >= 15 is 0 Å². The van der Waals surface area contributed by atoms with E-state index in [-0.39, 0.29) is 5.91 Å². The van der Waals surface area contributed by atoms with Crippen LogP contribution in [0.4, 0.5) is 11.4 Å². The molecule has 20 heavy (non-hydrogen) atoms. The van der Waals surface area contributed by atoms with Crippen LogP contribution in [0.3, 0.4) is 0 Å². The van der Waals surface area contributed by atoms with E-state index in [1.54, 1.807) is 29.5 Å². The molecule has 1 aromatic heterocycles. The van der Waals surface area contributed by atoms with Gasteiger partial charge in [0, 0.05) is 34.2 Å². The maximum absolute atomic E-state index is 12.0. The molecule has 2 aromatic rings. The van der Waals surface area contributed by atoms with Crippen molar-refractivity contribution in [3.05, 3.63) is 45.6 Å². The highest BCUT2D eigenvalue weighted by molar-refractivity contribution is 7.11. The molecule has 0 atom stereocenters. The van der Waals surface area contributed by atoms with Crippen molar-refractivity contribution in [3.63, 3.8) is 0 Å². The molecule has 1 heterocycles. The van der Waals surface area contributed by atoms with Gasteiger partial charge in [0.1, 0.15) is 0 Å². The summed E-state index contributed by atoms with van der Waals surface area (Å²) in [6.07, 6.45) is 0. The lowest BCUT2D eigenvalue weighted by Crippen LogP contribution is -2.23. The van der Waals surface area contributed by atoms with Crippen LogP contribution in [0.15, 0.2) is 30.3 Å². The predicted octanol–water partition coefficient (Wildman–Crippen LogP) is 3.00. The standard InChI is InChI=1S/C15H19N3OS/c1-3-17-15(19)13-7-5-11(16)8-14(13)18-9-12-6-4-10(2)20-12/h4-8,18H,3,9,16H2,1-2H3,(H,17,19). The second-order valence-corrected chi connectivity index (χ2v) is 5.90. The molecule has 0 saturated heterocycles. The van der Waals surface area contributed by atoms with E-state index in [1.807, 2.05) is 6.92 Å². The largest absolute Gasteiger partial charge is 0.399 e. The number of hydrogen-bond acceptors (Lipinski definition) is 4. The minimum Gasteiger partial charge on any atom is -0.399 e. The summed E-state index contributed by atoms with van der Waals surface area (Å²) in [6, 6.07) is 9.47. The molecule has 0 saturated carbocycles. The Balaban J connectivity index is 2.16. The summed E-state index contributed by atoms with van der Waals surface area (Å²) in [5, 5.41) is 6.10. The highest BCUT2D eigenvalue weighted by Crippen LogP contribution is 2.22. The summed E-state index contributed by atoms with van der Waals surface area (Å²) in [4.78, 5) is 14.5. The number of carbonyl (C=O) groups excluding carboxylic acids is 1. The fourth-order valence-electron chi connectivity index (χ4n) is 1.92. The Morgan fingerprint density at radius 1 is 1.30 bits per heavy atom. The Morgan fingerprint density at radius 2 is 2.10 bits per heavy atom. The van der Waals surface area contributed by atoms with E-state index in [0.717, 1.165) is 5.69 Å². The van der Waals surface area contributed by atoms with Crippen molar-refractivity contribution in [3.8, 4) is 0 Å². The minimum absolute atomic E-state index is 0.0858. The fraction of sp³-hybridized carbons (Fsp3) is 0.267. The van der Waals surface area contributed by atoms with E-state index in [9.17, 15) is 4.79 Å². The Morgan fingerprint density at radius 3 is 2.75 bits per heavy atom. The zero-order valence-corrected chi connectivity index (χ0v) is 12.5. The zero-order chi connectivity index (χ0) is 14.5. The lowest BCUT2D eigenvalue weighted by atomic mass is 10.1. The fourth-order valence-corrected chi connectivity index (χ4v) is 2.75. The summed E-state index contributed by atoms with van der Waals surface area (Å²) < 4.78 is 0. The average Bonchev–Trinajstić information content (AvgIpc) is 2.82. The molecule has 0 bridgehead atoms. The molecular weight excluding hydrogens is 270 g/mol. The first-order chi connectivity index (χ1) is 9.60. The van der Waals surface area contributed by atoms with Gasteiger partial charge in [-0.1, -0.05) is 0 Å². The third kappa shape index (κ3) is 3.51. The number of amides is 1. The number of anilines is 2. The van der Waals surface area contributed by atoms with Gasteiger partial charge >= 0.3 is 0 Å². The van der Waals surface area contributed by atoms with Gasteiger partial charge in [0.25, 0.3) is 5.91 Å². The van der Waals surface area contributed by atoms with E-state index < -0.39 is 0 Å². The summed E-state index contributed by atoms with van der Waals surface area (Å²) in [6.45, 7) is 5.27. The molecular formula is C15H19N3OS. The molecule has 0 spiro atoms. The number of rotatable bonds is 5. The second kappa shape index (κ2) is 6.43. The highest BCUT2D eigenvalue weighted by Gasteiger charge is 2.11. The quantitative estimate of drug-likeness (QED) is 0.741. The second-order valence-electron chi connectivity index (χ2n) is 4.53. The van der Waals surface area contributed by atoms with Crippen molar-refractivity contribution in [2.75, 3.05) is 17.6 Å². The van der Waals surface area contributed by atoms with Crippen molar-refractivity contribution in [2.24, 2.45) is 0 Å². The van der Waals surface area contributed by atoms with Crippen LogP contribution in [-0.2, 0) is 6.54 Å². The molecule has 5 heteroatoms. The van der Waals surface area contributed by atoms with Crippen LogP contribution in [0.2, 0.25) is 0 Å². The molecule has 0 fully saturated rings. The van der Waals surface area contributed by atoms with Crippen LogP contribution in [0.1, 0.15) is 27.0 Å². The number of nitrogens with one attached hydrogen (secondary N) is 2. The van der Waals surface area contributed by atoms with E-state index in [2.05, 4.69) is 29.7 Å². The van der Waals surface area contributed by atoms with Gasteiger partial charge in [0.05, 0.1) is 5.56 Å². The van der Waals surface area contributed by atoms with E-state index in [1.165, 1.54) is 9.75 Å². The van der Waals surface area contributed by atoms with Crippen LogP contribution in [0.5, 0.6) is 0 Å². The van der Waals surface area contributed by atoms with Crippen LogP contribution < -0.4 is 16.4 Å². The number of nitrogen functional groups attached to an aromatic ring is 1. The topological polar surface area (TPSA) is 67.2 Å². The molecule has 2 rings (SSSR count). The van der Waals surface area contributed by atoms with Gasteiger partial charge in [-0.05, 0) is 44.2 Å². The summed E-state index contributed by atoms with van der Waals surface area (Å²) in [5.74, 6) is -0.0858. The molecule has 0 aliphatic carbocycles. The van der Waals surface area contributed by atoms with Crippen LogP contribution in [-0.4, -0.2) is 12.5 Å². The smallest absolute Gasteiger partial charge is 0.253 e. The van der Waals surface area contributed by atoms with Gasteiger partial charge < -0.3 is 16.4 Å². The summed E-state index contributed by atoms with van der Waals surface area (Å²) in [5.41, 5.74) is 7.83. The first-order valence-corrected chi connectivity index (χ1v) is 7.38. The molecule has 0 aliphatic rings. The highest BCUT2D eigenvalue weighted by atomic mass is 32.1. The van der Waals surface area contributed by atoms with Gasteiger partial charge in [0.2, 0.25) is 0 Å². The number of benzene rings is 1. The Labute approximate surface area is 123 Å². The van der Waals surface area contributed by atoms with Crippen molar-refractivity contribution < 1.29 is 4.79 Å². The molecule has 4 nitrogen and oxygen atoms in total. The molecule has 1 amide bonds. The average molecular weight is 289 g/mol. The number of aryl methyl sites for hydroxylation is 1. The van der Waals surface area contributed by atoms with E-state index in [4.69, 9.17) is 5.73 Å². The Bertz CT molecular complexity index is 607. The zero-order valence-electron chi connectivity index (χ0n) is 11.7. The SMILES string of the molecule is CCNC(=O)c1ccc(N)cc1NCc1ccc(C)s1. The van der Waals surface area contributed by atoms with Crippen molar-refractivity contribution in [2.45, 2.75) is 20.4 Å². The Kier molecular flexibility index (Phi) is 4.63. The first-order valence-electron chi connectivity index (χ1n) is 6.57. The molecule has 0 unspecified atom stereocenters. The van der Waals surface area contributed by atoms with Crippen molar-refractivity contribution >= 4 is 28.6 Å². The van der Waals surface area contributed by atoms with Crippen LogP contribution in [0, 0.1) is 6.92 Å². The third-order valence-electron chi connectivity index (χ3n) is 2.87. The molecule has 106 valence electrons. The van der Waals surface area contributed by atoms with Gasteiger partial charge in [0.15, 0.2) is 0 Å². The predicted molar refractivity (Wildman–Crippen MR) is 85.2 cm³/mol. The summed E-state index contributed by atoms with van der Waals surface area (Å²) in [7, 11) is 0. The molecule has 4 N–H and O–H groups in total. The molecule has 0 aliphatic heterocycles. The number of nitrogens with two attached hydrogens (primary N) is 1. The first kappa shape index (κ1) is 14.4. The number of hydrogen-bond donors (Lipinski definition) is 3. The molecule has 1 aromatic carbocycles. The lowest BCUT2D eigenvalue weighted by Gasteiger charge is -2.12.